The predicted molar refractivity (Wildman–Crippen MR) is 73.5 cm³/mol. The predicted octanol–water partition coefficient (Wildman–Crippen LogP) is 0.452. The second kappa shape index (κ2) is 5.98. The molecule has 6 heteroatoms. The fourth-order valence-electron chi connectivity index (χ4n) is 2.71. The first-order chi connectivity index (χ1) is 9.06. The number of aliphatic hydroxyl groups excluding tert-OH is 1. The van der Waals surface area contributed by atoms with Crippen molar-refractivity contribution in [3.8, 4) is 0 Å². The van der Waals surface area contributed by atoms with Crippen LogP contribution < -0.4 is 5.73 Å². The number of rotatable bonds is 4. The van der Waals surface area contributed by atoms with Crippen LogP contribution in [0.1, 0.15) is 30.7 Å². The van der Waals surface area contributed by atoms with Gasteiger partial charge in [-0.3, -0.25) is 4.98 Å². The van der Waals surface area contributed by atoms with E-state index in [4.69, 9.17) is 5.73 Å². The van der Waals surface area contributed by atoms with Gasteiger partial charge in [-0.2, -0.15) is 0 Å². The Bertz CT molecular complexity index is 504. The number of aromatic nitrogens is 1. The molecule has 1 fully saturated rings. The van der Waals surface area contributed by atoms with Gasteiger partial charge >= 0.3 is 0 Å². The lowest BCUT2D eigenvalue weighted by atomic mass is 9.90. The molecule has 0 bridgehead atoms. The monoisotopic (exact) mass is 284 g/mol. The van der Waals surface area contributed by atoms with Crippen LogP contribution in [0.5, 0.6) is 0 Å². The van der Waals surface area contributed by atoms with Crippen LogP contribution in [-0.2, 0) is 9.84 Å². The maximum atomic E-state index is 12.1. The molecule has 1 saturated heterocycles. The fourth-order valence-corrected chi connectivity index (χ4v) is 4.75. The van der Waals surface area contributed by atoms with Crippen molar-refractivity contribution in [1.82, 2.24) is 4.98 Å². The summed E-state index contributed by atoms with van der Waals surface area (Å²) in [6.07, 6.45) is 4.35. The number of nitrogens with zero attached hydrogens (tertiary/aromatic N) is 1. The molecule has 3 atom stereocenters. The highest BCUT2D eigenvalue weighted by Gasteiger charge is 2.38. The van der Waals surface area contributed by atoms with E-state index in [1.807, 2.05) is 0 Å². The topological polar surface area (TPSA) is 93.3 Å². The number of sulfone groups is 1. The SMILES string of the molecule is NCC(c1ccncc1)C(O)C1CCCCS1(=O)=O. The lowest BCUT2D eigenvalue weighted by Gasteiger charge is -2.31. The van der Waals surface area contributed by atoms with Crippen molar-refractivity contribution in [2.45, 2.75) is 36.5 Å². The molecule has 0 amide bonds. The third-order valence-corrected chi connectivity index (χ3v) is 6.10. The van der Waals surface area contributed by atoms with Gasteiger partial charge in [-0.05, 0) is 30.5 Å². The molecule has 106 valence electrons. The Hall–Kier alpha value is -0.980. The Morgan fingerprint density at radius 2 is 2.05 bits per heavy atom. The van der Waals surface area contributed by atoms with Gasteiger partial charge in [-0.1, -0.05) is 6.42 Å². The van der Waals surface area contributed by atoms with E-state index < -0.39 is 21.2 Å². The van der Waals surface area contributed by atoms with Crippen molar-refractivity contribution in [1.29, 1.82) is 0 Å². The van der Waals surface area contributed by atoms with Crippen LogP contribution >= 0.6 is 0 Å². The minimum absolute atomic E-state index is 0.169. The molecule has 1 aliphatic heterocycles. The van der Waals surface area contributed by atoms with Crippen LogP contribution in [0.2, 0.25) is 0 Å². The zero-order valence-corrected chi connectivity index (χ0v) is 11.6. The first kappa shape index (κ1) is 14.4. The average Bonchev–Trinajstić information content (AvgIpc) is 2.40. The van der Waals surface area contributed by atoms with E-state index in [-0.39, 0.29) is 18.2 Å². The molecule has 0 aliphatic carbocycles. The number of aliphatic hydroxyl groups is 1. The Labute approximate surface area is 113 Å². The van der Waals surface area contributed by atoms with Crippen molar-refractivity contribution < 1.29 is 13.5 Å². The zero-order chi connectivity index (χ0) is 13.9. The Kier molecular flexibility index (Phi) is 4.54. The summed E-state index contributed by atoms with van der Waals surface area (Å²) in [6, 6.07) is 3.55. The van der Waals surface area contributed by atoms with Crippen LogP contribution in [0.25, 0.3) is 0 Å². The van der Waals surface area contributed by atoms with Crippen LogP contribution in [-0.4, -0.2) is 42.2 Å². The first-order valence-corrected chi connectivity index (χ1v) is 8.27. The maximum absolute atomic E-state index is 12.1. The standard InChI is InChI=1S/C13H20N2O3S/c14-9-11(10-4-6-15-7-5-10)13(16)12-3-1-2-8-19(12,17)18/h4-7,11-13,16H,1-3,8-9,14H2. The lowest BCUT2D eigenvalue weighted by molar-refractivity contribution is 0.133. The van der Waals surface area contributed by atoms with E-state index in [1.165, 1.54) is 0 Å². The number of hydrogen-bond acceptors (Lipinski definition) is 5. The molecule has 19 heavy (non-hydrogen) atoms. The average molecular weight is 284 g/mol. The van der Waals surface area contributed by atoms with Crippen LogP contribution in [0.4, 0.5) is 0 Å². The molecule has 3 unspecified atom stereocenters. The van der Waals surface area contributed by atoms with Crippen molar-refractivity contribution in [2.24, 2.45) is 5.73 Å². The summed E-state index contributed by atoms with van der Waals surface area (Å²) in [5, 5.41) is 9.75. The van der Waals surface area contributed by atoms with E-state index in [2.05, 4.69) is 4.98 Å². The van der Waals surface area contributed by atoms with Crippen molar-refractivity contribution >= 4 is 9.84 Å². The summed E-state index contributed by atoms with van der Waals surface area (Å²) in [5.41, 5.74) is 6.56. The molecule has 0 spiro atoms. The van der Waals surface area contributed by atoms with E-state index in [0.717, 1.165) is 12.0 Å². The highest BCUT2D eigenvalue weighted by atomic mass is 32.2. The maximum Gasteiger partial charge on any atom is 0.155 e. The van der Waals surface area contributed by atoms with Gasteiger partial charge in [0, 0.05) is 24.9 Å². The normalized spacial score (nSPS) is 25.7. The van der Waals surface area contributed by atoms with Crippen LogP contribution in [0.3, 0.4) is 0 Å². The minimum atomic E-state index is -3.21. The van der Waals surface area contributed by atoms with Gasteiger partial charge in [0.15, 0.2) is 9.84 Å². The van der Waals surface area contributed by atoms with Crippen LogP contribution in [0.15, 0.2) is 24.5 Å². The summed E-state index contributed by atoms with van der Waals surface area (Å²) < 4.78 is 24.1. The molecule has 5 nitrogen and oxygen atoms in total. The van der Waals surface area contributed by atoms with Gasteiger partial charge < -0.3 is 10.8 Å². The van der Waals surface area contributed by atoms with Gasteiger partial charge in [0.05, 0.1) is 17.1 Å². The molecule has 0 saturated carbocycles. The Morgan fingerprint density at radius 3 is 2.63 bits per heavy atom. The largest absolute Gasteiger partial charge is 0.391 e. The quantitative estimate of drug-likeness (QED) is 0.837. The Morgan fingerprint density at radius 1 is 1.37 bits per heavy atom. The molecule has 2 rings (SSSR count). The summed E-state index contributed by atoms with van der Waals surface area (Å²) in [5.74, 6) is -0.191. The number of hydrogen-bond donors (Lipinski definition) is 2. The molecule has 0 aromatic carbocycles. The summed E-state index contributed by atoms with van der Waals surface area (Å²) in [7, 11) is -3.21. The molecular weight excluding hydrogens is 264 g/mol. The highest BCUT2D eigenvalue weighted by molar-refractivity contribution is 7.92. The van der Waals surface area contributed by atoms with Gasteiger partial charge in [0.2, 0.25) is 0 Å². The van der Waals surface area contributed by atoms with E-state index >= 15 is 0 Å². The fraction of sp³-hybridized carbons (Fsp3) is 0.615. The van der Waals surface area contributed by atoms with E-state index in [9.17, 15) is 13.5 Å². The van der Waals surface area contributed by atoms with E-state index in [1.54, 1.807) is 24.5 Å². The minimum Gasteiger partial charge on any atom is -0.391 e. The molecule has 2 heterocycles. The molecule has 1 aromatic rings. The highest BCUT2D eigenvalue weighted by Crippen LogP contribution is 2.29. The first-order valence-electron chi connectivity index (χ1n) is 6.56. The number of nitrogens with two attached hydrogens (primary N) is 1. The second-order valence-electron chi connectivity index (χ2n) is 5.01. The summed E-state index contributed by atoms with van der Waals surface area (Å²) in [4.78, 5) is 3.92. The third kappa shape index (κ3) is 3.13. The van der Waals surface area contributed by atoms with E-state index in [0.29, 0.717) is 12.8 Å². The Balaban J connectivity index is 2.23. The lowest BCUT2D eigenvalue weighted by Crippen LogP contribution is -2.43. The molecule has 3 N–H and O–H groups in total. The zero-order valence-electron chi connectivity index (χ0n) is 10.8. The van der Waals surface area contributed by atoms with Crippen molar-refractivity contribution in [2.75, 3.05) is 12.3 Å². The number of pyridine rings is 1. The van der Waals surface area contributed by atoms with Crippen LogP contribution in [0, 0.1) is 0 Å². The van der Waals surface area contributed by atoms with Gasteiger partial charge in [-0.25, -0.2) is 8.42 Å². The molecule has 0 radical (unpaired) electrons. The molecule has 1 aromatic heterocycles. The summed E-state index contributed by atoms with van der Waals surface area (Å²) >= 11 is 0. The van der Waals surface area contributed by atoms with Crippen molar-refractivity contribution in [3.63, 3.8) is 0 Å². The third-order valence-electron chi connectivity index (χ3n) is 3.81. The van der Waals surface area contributed by atoms with Crippen molar-refractivity contribution in [3.05, 3.63) is 30.1 Å². The van der Waals surface area contributed by atoms with Gasteiger partial charge in [0.1, 0.15) is 0 Å². The molecule has 1 aliphatic rings. The van der Waals surface area contributed by atoms with Gasteiger partial charge in [0.25, 0.3) is 0 Å². The second-order valence-corrected chi connectivity index (χ2v) is 7.35. The van der Waals surface area contributed by atoms with Gasteiger partial charge in [-0.15, -0.1) is 0 Å². The molecular formula is C13H20N2O3S. The summed E-state index contributed by atoms with van der Waals surface area (Å²) in [6.45, 7) is 0.219. The smallest absolute Gasteiger partial charge is 0.155 e.